The molecule has 0 atom stereocenters. The highest BCUT2D eigenvalue weighted by Gasteiger charge is 2.14. The second kappa shape index (κ2) is 7.02. The highest BCUT2D eigenvalue weighted by molar-refractivity contribution is 5.45. The summed E-state index contributed by atoms with van der Waals surface area (Å²) >= 11 is 0. The number of ether oxygens (including phenoxy) is 2. The molecule has 0 unspecified atom stereocenters. The molecule has 0 saturated heterocycles. The van der Waals surface area contributed by atoms with Crippen LogP contribution in [0.15, 0.2) is 51.5 Å². The van der Waals surface area contributed by atoms with E-state index >= 15 is 0 Å². The van der Waals surface area contributed by atoms with Crippen LogP contribution >= 0.6 is 0 Å². The Morgan fingerprint density at radius 3 is 2.57 bits per heavy atom. The molecule has 1 N–H and O–H groups in total. The van der Waals surface area contributed by atoms with Crippen molar-refractivity contribution in [3.63, 3.8) is 0 Å². The van der Waals surface area contributed by atoms with Gasteiger partial charge in [0.25, 0.3) is 5.89 Å². The fourth-order valence-electron chi connectivity index (χ4n) is 2.06. The lowest BCUT2D eigenvalue weighted by molar-refractivity contribution is 0.192. The summed E-state index contributed by atoms with van der Waals surface area (Å²) in [6.07, 6.45) is 1.57. The van der Waals surface area contributed by atoms with Crippen molar-refractivity contribution in [2.75, 3.05) is 13.2 Å². The molecule has 23 heavy (non-hydrogen) atoms. The summed E-state index contributed by atoms with van der Waals surface area (Å²) in [5.74, 6) is 2.84. The molecule has 6 nitrogen and oxygen atoms in total. The standard InChI is InChI=1S/C17H17NO5/c1-12-13(18-17(23-12)16-7-4-9-20-16)11-22-15-6-3-2-5-14(15)21-10-8-19/h2-7,9,19H,8,10-11H2,1H3. The van der Waals surface area contributed by atoms with Crippen molar-refractivity contribution in [2.45, 2.75) is 13.5 Å². The Morgan fingerprint density at radius 2 is 1.87 bits per heavy atom. The van der Waals surface area contributed by atoms with E-state index in [0.29, 0.717) is 34.6 Å². The number of benzene rings is 1. The van der Waals surface area contributed by atoms with Gasteiger partial charge in [-0.1, -0.05) is 12.1 Å². The number of nitrogens with zero attached hydrogens (tertiary/aromatic N) is 1. The van der Waals surface area contributed by atoms with Gasteiger partial charge in [-0.3, -0.25) is 0 Å². The Hall–Kier alpha value is -2.73. The van der Waals surface area contributed by atoms with Gasteiger partial charge in [0.15, 0.2) is 17.3 Å². The number of aromatic nitrogens is 1. The van der Waals surface area contributed by atoms with E-state index in [1.54, 1.807) is 30.5 Å². The molecule has 3 rings (SSSR count). The summed E-state index contributed by atoms with van der Waals surface area (Å²) in [7, 11) is 0. The highest BCUT2D eigenvalue weighted by Crippen LogP contribution is 2.28. The molecular weight excluding hydrogens is 298 g/mol. The van der Waals surface area contributed by atoms with E-state index in [2.05, 4.69) is 4.98 Å². The van der Waals surface area contributed by atoms with Crippen LogP contribution in [0.25, 0.3) is 11.7 Å². The molecule has 120 valence electrons. The van der Waals surface area contributed by atoms with Crippen LogP contribution in [-0.2, 0) is 6.61 Å². The van der Waals surface area contributed by atoms with E-state index in [-0.39, 0.29) is 19.8 Å². The van der Waals surface area contributed by atoms with Crippen molar-refractivity contribution in [1.29, 1.82) is 0 Å². The van der Waals surface area contributed by atoms with Gasteiger partial charge in [-0.15, -0.1) is 0 Å². The maximum absolute atomic E-state index is 8.86. The van der Waals surface area contributed by atoms with Crippen molar-refractivity contribution in [1.82, 2.24) is 4.98 Å². The maximum atomic E-state index is 8.86. The SMILES string of the molecule is Cc1oc(-c2ccco2)nc1COc1ccccc1OCCO. The maximum Gasteiger partial charge on any atom is 0.263 e. The fraction of sp³-hybridized carbons (Fsp3) is 0.235. The van der Waals surface area contributed by atoms with Gasteiger partial charge >= 0.3 is 0 Å². The highest BCUT2D eigenvalue weighted by atomic mass is 16.5. The fourth-order valence-corrected chi connectivity index (χ4v) is 2.06. The number of aliphatic hydroxyl groups is 1. The number of aliphatic hydroxyl groups excluding tert-OH is 1. The lowest BCUT2D eigenvalue weighted by atomic mass is 10.3. The molecule has 0 aliphatic heterocycles. The van der Waals surface area contributed by atoms with Gasteiger partial charge in [0.1, 0.15) is 24.7 Å². The quantitative estimate of drug-likeness (QED) is 0.721. The van der Waals surface area contributed by atoms with E-state index in [9.17, 15) is 0 Å². The molecule has 0 aliphatic rings. The van der Waals surface area contributed by atoms with Crippen LogP contribution < -0.4 is 9.47 Å². The molecule has 0 radical (unpaired) electrons. The largest absolute Gasteiger partial charge is 0.487 e. The third-order valence-electron chi connectivity index (χ3n) is 3.19. The number of hydrogen-bond donors (Lipinski definition) is 1. The Kier molecular flexibility index (Phi) is 4.63. The summed E-state index contributed by atoms with van der Waals surface area (Å²) in [5.41, 5.74) is 0.688. The van der Waals surface area contributed by atoms with Gasteiger partial charge in [0.2, 0.25) is 0 Å². The molecule has 6 heteroatoms. The second-order valence-corrected chi connectivity index (χ2v) is 4.81. The average Bonchev–Trinajstić information content (AvgIpc) is 3.21. The van der Waals surface area contributed by atoms with Crippen LogP contribution in [-0.4, -0.2) is 23.3 Å². The lowest BCUT2D eigenvalue weighted by Crippen LogP contribution is -2.04. The second-order valence-electron chi connectivity index (χ2n) is 4.81. The van der Waals surface area contributed by atoms with Gasteiger partial charge in [0, 0.05) is 0 Å². The van der Waals surface area contributed by atoms with Crippen molar-refractivity contribution in [2.24, 2.45) is 0 Å². The van der Waals surface area contributed by atoms with Crippen molar-refractivity contribution < 1.29 is 23.4 Å². The third-order valence-corrected chi connectivity index (χ3v) is 3.19. The Balaban J connectivity index is 1.71. The summed E-state index contributed by atoms with van der Waals surface area (Å²) in [6, 6.07) is 10.8. The van der Waals surface area contributed by atoms with Crippen LogP contribution in [0.2, 0.25) is 0 Å². The molecule has 0 saturated carbocycles. The number of oxazole rings is 1. The van der Waals surface area contributed by atoms with Crippen molar-refractivity contribution in [3.05, 3.63) is 54.1 Å². The van der Waals surface area contributed by atoms with Crippen LogP contribution in [0.5, 0.6) is 11.5 Å². The summed E-state index contributed by atoms with van der Waals surface area (Å²) in [6.45, 7) is 2.23. The van der Waals surface area contributed by atoms with Crippen LogP contribution in [0, 0.1) is 6.92 Å². The van der Waals surface area contributed by atoms with Crippen molar-refractivity contribution >= 4 is 0 Å². The molecule has 0 bridgehead atoms. The van der Waals surface area contributed by atoms with Crippen LogP contribution in [0.4, 0.5) is 0 Å². The topological polar surface area (TPSA) is 77.9 Å². The smallest absolute Gasteiger partial charge is 0.263 e. The number of hydrogen-bond acceptors (Lipinski definition) is 6. The van der Waals surface area contributed by atoms with Gasteiger partial charge in [-0.05, 0) is 31.2 Å². The first-order chi connectivity index (χ1) is 11.3. The van der Waals surface area contributed by atoms with Crippen LogP contribution in [0.3, 0.4) is 0 Å². The van der Waals surface area contributed by atoms with Crippen LogP contribution in [0.1, 0.15) is 11.5 Å². The number of rotatable bonds is 7. The predicted molar refractivity (Wildman–Crippen MR) is 82.3 cm³/mol. The first-order valence-electron chi connectivity index (χ1n) is 7.23. The predicted octanol–water partition coefficient (Wildman–Crippen LogP) is 3.19. The molecule has 0 fully saturated rings. The van der Waals surface area contributed by atoms with Gasteiger partial charge in [-0.2, -0.15) is 0 Å². The molecule has 0 spiro atoms. The molecular formula is C17H17NO5. The van der Waals surface area contributed by atoms with E-state index in [1.165, 1.54) is 0 Å². The number of para-hydroxylation sites is 2. The Morgan fingerprint density at radius 1 is 1.09 bits per heavy atom. The van der Waals surface area contributed by atoms with E-state index in [0.717, 1.165) is 0 Å². The molecule has 3 aromatic rings. The Labute approximate surface area is 133 Å². The van der Waals surface area contributed by atoms with E-state index < -0.39 is 0 Å². The van der Waals surface area contributed by atoms with Gasteiger partial charge < -0.3 is 23.4 Å². The first-order valence-corrected chi connectivity index (χ1v) is 7.23. The molecule has 1 aromatic carbocycles. The summed E-state index contributed by atoms with van der Waals surface area (Å²) in [5, 5.41) is 8.86. The van der Waals surface area contributed by atoms with E-state index in [4.69, 9.17) is 23.4 Å². The zero-order chi connectivity index (χ0) is 16.1. The zero-order valence-corrected chi connectivity index (χ0v) is 12.7. The van der Waals surface area contributed by atoms with Gasteiger partial charge in [0.05, 0.1) is 12.9 Å². The molecule has 0 amide bonds. The molecule has 2 aromatic heterocycles. The number of aryl methyl sites for hydroxylation is 1. The van der Waals surface area contributed by atoms with E-state index in [1.807, 2.05) is 19.1 Å². The summed E-state index contributed by atoms with van der Waals surface area (Å²) < 4.78 is 22.1. The lowest BCUT2D eigenvalue weighted by Gasteiger charge is -2.11. The third kappa shape index (κ3) is 3.54. The summed E-state index contributed by atoms with van der Waals surface area (Å²) in [4.78, 5) is 4.39. The first kappa shape index (κ1) is 15.2. The zero-order valence-electron chi connectivity index (χ0n) is 12.7. The monoisotopic (exact) mass is 315 g/mol. The minimum atomic E-state index is -0.0523. The Bertz CT molecular complexity index is 748. The average molecular weight is 315 g/mol. The minimum absolute atomic E-state index is 0.0523. The van der Waals surface area contributed by atoms with Crippen molar-refractivity contribution in [3.8, 4) is 23.1 Å². The minimum Gasteiger partial charge on any atom is -0.487 e. The number of furan rings is 1. The normalized spacial score (nSPS) is 10.7. The molecule has 0 aliphatic carbocycles. The van der Waals surface area contributed by atoms with Gasteiger partial charge in [-0.25, -0.2) is 4.98 Å². The molecule has 2 heterocycles.